The van der Waals surface area contributed by atoms with Gasteiger partial charge in [0.25, 0.3) is 0 Å². The van der Waals surface area contributed by atoms with E-state index in [1.807, 2.05) is 6.07 Å². The van der Waals surface area contributed by atoms with Crippen LogP contribution in [0.3, 0.4) is 0 Å². The minimum Gasteiger partial charge on any atom is -0.511 e. The molecule has 0 unspecified atom stereocenters. The molecule has 54 valence electrons. The van der Waals surface area contributed by atoms with Gasteiger partial charge in [0, 0.05) is 0 Å². The summed E-state index contributed by atoms with van der Waals surface area (Å²) in [5.74, 6) is 0. The van der Waals surface area contributed by atoms with Crippen LogP contribution in [0.1, 0.15) is 0 Å². The number of anilines is 1. The number of rotatable bonds is 2. The number of benzene rings is 1. The second-order valence-electron chi connectivity index (χ2n) is 1.65. The predicted molar refractivity (Wildman–Crippen MR) is 42.3 cm³/mol. The Morgan fingerprint density at radius 2 is 2.27 bits per heavy atom. The van der Waals surface area contributed by atoms with Crippen molar-refractivity contribution in [3.8, 4) is 0 Å². The van der Waals surface area contributed by atoms with Crippen molar-refractivity contribution in [1.29, 1.82) is 0 Å². The van der Waals surface area contributed by atoms with Gasteiger partial charge in [-0.25, -0.2) is 11.8 Å². The zero-order valence-corrected chi connectivity index (χ0v) is 11.3. The topological polar surface area (TPSA) is 29.1 Å². The number of hydrogen-bond donors (Lipinski definition) is 1. The number of hydrogen-bond acceptors (Lipinski definition) is 1. The number of halogens is 1. The molecule has 0 spiro atoms. The average molecular weight is 436 g/mol. The normalized spacial score (nSPS) is 8.09. The maximum absolute atomic E-state index is 9.79. The van der Waals surface area contributed by atoms with Crippen molar-refractivity contribution in [2.75, 3.05) is 5.32 Å². The van der Waals surface area contributed by atoms with Crippen molar-refractivity contribution in [2.24, 2.45) is 0 Å². The number of carbonyl (C=O) groups excluding carboxylic acids is 1. The smallest absolute Gasteiger partial charge is 0.511 e. The van der Waals surface area contributed by atoms with Crippen LogP contribution in [0.4, 0.5) is 5.69 Å². The quantitative estimate of drug-likeness (QED) is 0.556. The Balaban J connectivity index is 0.000001000. The molecule has 0 aromatic heterocycles. The van der Waals surface area contributed by atoms with E-state index < -0.39 is 0 Å². The summed E-state index contributed by atoms with van der Waals surface area (Å²) in [5, 5.41) is 2.35. The summed E-state index contributed by atoms with van der Waals surface area (Å²) in [5.41, 5.74) is 0.623. The molecule has 1 aromatic carbocycles. The fourth-order valence-electron chi connectivity index (χ4n) is 0.539. The van der Waals surface area contributed by atoms with Gasteiger partial charge in [0.2, 0.25) is 0 Å². The van der Waals surface area contributed by atoms with Crippen molar-refractivity contribution in [3.05, 3.63) is 28.7 Å². The van der Waals surface area contributed by atoms with Gasteiger partial charge in [0.1, 0.15) is 0 Å². The Morgan fingerprint density at radius 1 is 1.55 bits per heavy atom. The standard InChI is InChI=1S/C7H4BrNO.U/c8-6-1-3-7(4-2-6)9-5-10;/h1-3H,(H,9,10);/q-2;+2. The van der Waals surface area contributed by atoms with Crippen LogP contribution in [0.25, 0.3) is 0 Å². The van der Waals surface area contributed by atoms with E-state index in [1.165, 1.54) is 0 Å². The van der Waals surface area contributed by atoms with Crippen molar-refractivity contribution in [2.45, 2.75) is 0 Å². The summed E-state index contributed by atoms with van der Waals surface area (Å²) in [7, 11) is 0. The molecule has 0 heterocycles. The van der Waals surface area contributed by atoms with Crippen LogP contribution in [-0.4, -0.2) is 6.41 Å². The average Bonchev–Trinajstić information content (AvgIpc) is 1.95. The van der Waals surface area contributed by atoms with Crippen molar-refractivity contribution >= 4 is 28.0 Å². The second-order valence-corrected chi connectivity index (χ2v) is 2.56. The SMILES string of the molecule is O=[C-]Nc1[c-]cc(Br)cc1.[U+2]. The molecule has 2 nitrogen and oxygen atoms in total. The monoisotopic (exact) mass is 435 g/mol. The summed E-state index contributed by atoms with van der Waals surface area (Å²) in [4.78, 5) is 9.79. The summed E-state index contributed by atoms with van der Waals surface area (Å²) >= 11 is 3.24. The molecule has 1 amide bonds. The van der Waals surface area contributed by atoms with E-state index in [-0.39, 0.29) is 31.1 Å². The molecule has 0 aliphatic carbocycles. The molecule has 0 aliphatic rings. The van der Waals surface area contributed by atoms with Crippen LogP contribution in [0.2, 0.25) is 0 Å². The van der Waals surface area contributed by atoms with Crippen molar-refractivity contribution in [1.82, 2.24) is 0 Å². The molecular weight excluding hydrogens is 432 g/mol. The van der Waals surface area contributed by atoms with Crippen molar-refractivity contribution < 1.29 is 35.9 Å². The maximum Gasteiger partial charge on any atom is 2.00 e. The third kappa shape index (κ3) is 3.95. The largest absolute Gasteiger partial charge is 2.00 e. The van der Waals surface area contributed by atoms with E-state index in [4.69, 9.17) is 0 Å². The summed E-state index contributed by atoms with van der Waals surface area (Å²) < 4.78 is 0.934. The predicted octanol–water partition coefficient (Wildman–Crippen LogP) is 1.73. The first-order chi connectivity index (χ1) is 4.83. The van der Waals surface area contributed by atoms with Crippen LogP contribution < -0.4 is 5.32 Å². The molecule has 11 heavy (non-hydrogen) atoms. The van der Waals surface area contributed by atoms with E-state index in [9.17, 15) is 4.79 Å². The van der Waals surface area contributed by atoms with E-state index in [0.29, 0.717) is 5.69 Å². The molecule has 0 radical (unpaired) electrons. The molecule has 0 bridgehead atoms. The third-order valence-electron chi connectivity index (χ3n) is 0.960. The van der Waals surface area contributed by atoms with Gasteiger partial charge >= 0.3 is 31.1 Å². The van der Waals surface area contributed by atoms with Crippen LogP contribution in [0.5, 0.6) is 0 Å². The van der Waals surface area contributed by atoms with Gasteiger partial charge in [-0.3, -0.25) is 6.07 Å². The minimum atomic E-state index is 0. The second kappa shape index (κ2) is 5.82. The molecule has 1 rings (SSSR count). The van der Waals surface area contributed by atoms with Crippen molar-refractivity contribution in [3.63, 3.8) is 0 Å². The Kier molecular flexibility index (Phi) is 5.94. The van der Waals surface area contributed by atoms with Gasteiger partial charge in [0.15, 0.2) is 0 Å². The first-order valence-corrected chi connectivity index (χ1v) is 3.42. The van der Waals surface area contributed by atoms with Gasteiger partial charge < -0.3 is 10.1 Å². The maximum atomic E-state index is 9.79. The molecule has 1 aromatic rings. The van der Waals surface area contributed by atoms with Crippen LogP contribution in [-0.2, 0) is 4.79 Å². The summed E-state index contributed by atoms with van der Waals surface area (Å²) in [6.07, 6.45) is 1.56. The van der Waals surface area contributed by atoms with Gasteiger partial charge in [-0.2, -0.15) is 12.1 Å². The van der Waals surface area contributed by atoms with Gasteiger partial charge in [0.05, 0.1) is 6.41 Å². The number of amides is 1. The van der Waals surface area contributed by atoms with Crippen LogP contribution in [0.15, 0.2) is 22.7 Å². The molecule has 4 heteroatoms. The molecule has 0 aliphatic heterocycles. The van der Waals surface area contributed by atoms with E-state index in [1.54, 1.807) is 18.5 Å². The van der Waals surface area contributed by atoms with E-state index in [2.05, 4.69) is 27.3 Å². The molecule has 0 atom stereocenters. The first-order valence-electron chi connectivity index (χ1n) is 2.63. The van der Waals surface area contributed by atoms with Gasteiger partial charge in [-0.1, -0.05) is 4.47 Å². The molecule has 0 saturated carbocycles. The Hall–Kier alpha value is 0.222. The Labute approximate surface area is 97.3 Å². The van der Waals surface area contributed by atoms with Gasteiger partial charge in [-0.05, 0) is 0 Å². The zero-order chi connectivity index (χ0) is 7.40. The minimum absolute atomic E-state index is 0. The summed E-state index contributed by atoms with van der Waals surface area (Å²) in [6.45, 7) is 0. The first kappa shape index (κ1) is 11.2. The molecular formula is C7H4BrNOU. The zero-order valence-electron chi connectivity index (χ0n) is 5.52. The Bertz CT molecular complexity index is 224. The van der Waals surface area contributed by atoms with E-state index >= 15 is 0 Å². The Morgan fingerprint density at radius 3 is 2.73 bits per heavy atom. The fourth-order valence-corrected chi connectivity index (χ4v) is 0.785. The molecule has 1 N–H and O–H groups in total. The molecule has 0 fully saturated rings. The van der Waals surface area contributed by atoms with Gasteiger partial charge in [-0.15, -0.1) is 15.9 Å². The molecule has 0 saturated heterocycles. The number of nitrogens with one attached hydrogen (secondary N) is 1. The summed E-state index contributed by atoms with van der Waals surface area (Å²) in [6, 6.07) is 8.09. The fraction of sp³-hybridized carbons (Fsp3) is 0. The van der Waals surface area contributed by atoms with E-state index in [0.717, 1.165) is 4.47 Å². The van der Waals surface area contributed by atoms with Crippen LogP contribution >= 0.6 is 15.9 Å². The van der Waals surface area contributed by atoms with Crippen LogP contribution in [0, 0.1) is 37.2 Å². The third-order valence-corrected chi connectivity index (χ3v) is 1.45.